The van der Waals surface area contributed by atoms with Crippen molar-refractivity contribution >= 4 is 49.9 Å². The molecule has 0 saturated heterocycles. The first-order valence-electron chi connectivity index (χ1n) is 8.26. The first-order valence-corrected chi connectivity index (χ1v) is 9.49. The van der Waals surface area contributed by atoms with Gasteiger partial charge in [0.05, 0.1) is 26.0 Å². The average molecular weight is 475 g/mol. The van der Waals surface area contributed by atoms with E-state index in [1.165, 1.54) is 14.2 Å². The van der Waals surface area contributed by atoms with Crippen LogP contribution in [-0.2, 0) is 0 Å². The minimum Gasteiger partial charge on any atom is -0.497 e. The number of thiazole rings is 1. The summed E-state index contributed by atoms with van der Waals surface area (Å²) in [5.74, 6) is -9.40. The lowest BCUT2D eigenvalue weighted by atomic mass is 10.1. The van der Waals surface area contributed by atoms with Crippen LogP contribution in [0.2, 0.25) is 0 Å². The lowest BCUT2D eigenvalue weighted by Gasteiger charge is -2.11. The molecule has 0 unspecified atom stereocenters. The summed E-state index contributed by atoms with van der Waals surface area (Å²) in [7, 11) is 3.75. The molecule has 0 atom stereocenters. The molecule has 164 valence electrons. The van der Waals surface area contributed by atoms with Crippen molar-refractivity contribution in [2.24, 2.45) is 0 Å². The molecule has 1 amide bonds. The molecule has 1 heterocycles. The Labute approximate surface area is 181 Å². The molecule has 0 aliphatic carbocycles. The molecule has 0 aliphatic heterocycles. The molecule has 31 heavy (non-hydrogen) atoms. The number of thiocarbonyl (C=S) groups is 1. The normalized spacial score (nSPS) is 10.7. The second kappa shape index (κ2) is 8.89. The van der Waals surface area contributed by atoms with Gasteiger partial charge in [-0.05, 0) is 18.3 Å². The zero-order valence-corrected chi connectivity index (χ0v) is 17.7. The monoisotopic (exact) mass is 475 g/mol. The van der Waals surface area contributed by atoms with Crippen LogP contribution < -0.4 is 24.8 Å². The van der Waals surface area contributed by atoms with Crippen LogP contribution in [0.3, 0.4) is 0 Å². The molecule has 13 heteroatoms. The van der Waals surface area contributed by atoms with Gasteiger partial charge in [0.2, 0.25) is 11.6 Å². The molecule has 0 bridgehead atoms. The van der Waals surface area contributed by atoms with E-state index in [1.807, 2.05) is 5.32 Å². The molecular weight excluding hydrogens is 462 g/mol. The van der Waals surface area contributed by atoms with E-state index in [1.54, 1.807) is 12.1 Å². The smallest absolute Gasteiger partial charge is 0.263 e. The highest BCUT2D eigenvalue weighted by atomic mass is 32.1. The predicted octanol–water partition coefficient (Wildman–Crippen LogP) is 4.01. The van der Waals surface area contributed by atoms with Crippen molar-refractivity contribution in [1.29, 1.82) is 0 Å². The van der Waals surface area contributed by atoms with Crippen LogP contribution in [0, 0.1) is 23.3 Å². The molecule has 0 aliphatic rings. The number of methoxy groups -OCH3 is 3. The third kappa shape index (κ3) is 4.18. The second-order valence-electron chi connectivity index (χ2n) is 5.77. The Morgan fingerprint density at radius 3 is 2.19 bits per heavy atom. The Balaban J connectivity index is 1.84. The summed E-state index contributed by atoms with van der Waals surface area (Å²) in [6, 6.07) is 3.31. The van der Waals surface area contributed by atoms with Crippen LogP contribution in [0.25, 0.3) is 10.2 Å². The lowest BCUT2D eigenvalue weighted by Crippen LogP contribution is -2.35. The van der Waals surface area contributed by atoms with Gasteiger partial charge in [0.25, 0.3) is 5.91 Å². The van der Waals surface area contributed by atoms with Gasteiger partial charge in [-0.15, -0.1) is 0 Å². The molecule has 7 nitrogen and oxygen atoms in total. The van der Waals surface area contributed by atoms with Crippen LogP contribution >= 0.6 is 23.6 Å². The Morgan fingerprint density at radius 1 is 1.00 bits per heavy atom. The highest BCUT2D eigenvalue weighted by Gasteiger charge is 2.30. The topological polar surface area (TPSA) is 81.7 Å². The highest BCUT2D eigenvalue weighted by molar-refractivity contribution is 7.80. The minimum atomic E-state index is -1.92. The zero-order valence-electron chi connectivity index (χ0n) is 16.1. The zero-order chi connectivity index (χ0) is 22.9. The number of nitrogens with zero attached hydrogens (tertiary/aromatic N) is 1. The molecule has 1 aromatic heterocycles. The van der Waals surface area contributed by atoms with Gasteiger partial charge in [0, 0.05) is 6.07 Å². The fourth-order valence-electron chi connectivity index (χ4n) is 2.59. The van der Waals surface area contributed by atoms with Crippen molar-refractivity contribution in [2.75, 3.05) is 26.6 Å². The number of rotatable bonds is 5. The fourth-order valence-corrected chi connectivity index (χ4v) is 3.76. The molecule has 0 radical (unpaired) electrons. The summed E-state index contributed by atoms with van der Waals surface area (Å²) in [5.41, 5.74) is -1.02. The standard InChI is InChI=1S/C18H13F4N3O4S2/c1-27-6-4-7(28-2)14-8(5-6)31-18(23-14)25-17(30)24-16(26)9-10(19)12(21)15(29-3)13(22)11(9)20/h4-5H,1-3H3,(H2,23,24,25,26,30). The number of halogens is 4. The number of aromatic nitrogens is 1. The number of nitrogens with one attached hydrogen (secondary N) is 2. The van der Waals surface area contributed by atoms with Gasteiger partial charge in [-0.1, -0.05) is 11.3 Å². The van der Waals surface area contributed by atoms with Crippen molar-refractivity contribution in [1.82, 2.24) is 10.3 Å². The Hall–Kier alpha value is -3.19. The van der Waals surface area contributed by atoms with Crippen LogP contribution in [0.1, 0.15) is 10.4 Å². The third-order valence-electron chi connectivity index (χ3n) is 3.99. The van der Waals surface area contributed by atoms with E-state index in [9.17, 15) is 22.4 Å². The number of amides is 1. The molecule has 0 spiro atoms. The van der Waals surface area contributed by atoms with Crippen LogP contribution in [0.4, 0.5) is 22.7 Å². The third-order valence-corrected chi connectivity index (χ3v) is 5.11. The summed E-state index contributed by atoms with van der Waals surface area (Å²) in [5, 5.41) is 4.31. The van der Waals surface area contributed by atoms with E-state index < -0.39 is 45.6 Å². The second-order valence-corrected chi connectivity index (χ2v) is 7.21. The van der Waals surface area contributed by atoms with Gasteiger partial charge in [0.1, 0.15) is 22.6 Å². The largest absolute Gasteiger partial charge is 0.497 e. The quantitative estimate of drug-likeness (QED) is 0.328. The van der Waals surface area contributed by atoms with Gasteiger partial charge in [-0.25, -0.2) is 13.8 Å². The van der Waals surface area contributed by atoms with Gasteiger partial charge >= 0.3 is 0 Å². The van der Waals surface area contributed by atoms with Crippen molar-refractivity contribution in [3.8, 4) is 17.2 Å². The highest BCUT2D eigenvalue weighted by Crippen LogP contribution is 2.36. The summed E-state index contributed by atoms with van der Waals surface area (Å²) >= 11 is 6.06. The summed E-state index contributed by atoms with van der Waals surface area (Å²) in [4.78, 5) is 16.5. The Kier molecular flexibility index (Phi) is 6.45. The van der Waals surface area contributed by atoms with E-state index in [-0.39, 0.29) is 5.13 Å². The molecule has 2 aromatic carbocycles. The van der Waals surface area contributed by atoms with Gasteiger partial charge < -0.3 is 19.5 Å². The average Bonchev–Trinajstić information content (AvgIpc) is 3.14. The number of hydrogen-bond acceptors (Lipinski definition) is 7. The van der Waals surface area contributed by atoms with Crippen molar-refractivity contribution in [3.63, 3.8) is 0 Å². The predicted molar refractivity (Wildman–Crippen MR) is 109 cm³/mol. The van der Waals surface area contributed by atoms with Gasteiger partial charge in [-0.2, -0.15) is 8.78 Å². The maximum absolute atomic E-state index is 14.1. The minimum absolute atomic E-state index is 0.208. The Bertz CT molecular complexity index is 1170. The number of fused-ring (bicyclic) bond motifs is 1. The SMILES string of the molecule is COc1cc(OC)c2nc(NC(=S)NC(=O)c3c(F)c(F)c(OC)c(F)c3F)sc2c1. The maximum atomic E-state index is 14.1. The van der Waals surface area contributed by atoms with Crippen molar-refractivity contribution in [2.45, 2.75) is 0 Å². The molecular formula is C18H13F4N3O4S2. The van der Waals surface area contributed by atoms with Crippen molar-refractivity contribution in [3.05, 3.63) is 41.0 Å². The van der Waals surface area contributed by atoms with E-state index >= 15 is 0 Å². The lowest BCUT2D eigenvalue weighted by molar-refractivity contribution is 0.0966. The van der Waals surface area contributed by atoms with Gasteiger partial charge in [-0.3, -0.25) is 10.1 Å². The fraction of sp³-hybridized carbons (Fsp3) is 0.167. The number of ether oxygens (including phenoxy) is 3. The summed E-state index contributed by atoms with van der Waals surface area (Å²) in [6.07, 6.45) is 0. The Morgan fingerprint density at radius 2 is 1.65 bits per heavy atom. The van der Waals surface area contributed by atoms with E-state index in [0.29, 0.717) is 21.7 Å². The van der Waals surface area contributed by atoms with Crippen LogP contribution in [0.15, 0.2) is 12.1 Å². The number of anilines is 1. The molecule has 0 fully saturated rings. The maximum Gasteiger partial charge on any atom is 0.263 e. The van der Waals surface area contributed by atoms with E-state index in [2.05, 4.69) is 15.0 Å². The number of carbonyl (C=O) groups is 1. The summed E-state index contributed by atoms with van der Waals surface area (Å²) < 4.78 is 71.2. The number of carbonyl (C=O) groups excluding carboxylic acids is 1. The van der Waals surface area contributed by atoms with Gasteiger partial charge in [0.15, 0.2) is 27.6 Å². The summed E-state index contributed by atoms with van der Waals surface area (Å²) in [6.45, 7) is 0. The van der Waals surface area contributed by atoms with E-state index in [4.69, 9.17) is 21.7 Å². The van der Waals surface area contributed by atoms with Crippen LogP contribution in [0.5, 0.6) is 17.2 Å². The van der Waals surface area contributed by atoms with Crippen LogP contribution in [-0.4, -0.2) is 37.3 Å². The first-order chi connectivity index (χ1) is 14.7. The first kappa shape index (κ1) is 22.5. The van der Waals surface area contributed by atoms with Crippen molar-refractivity contribution < 1.29 is 36.6 Å². The number of hydrogen-bond donors (Lipinski definition) is 2. The van der Waals surface area contributed by atoms with E-state index in [0.717, 1.165) is 18.4 Å². The number of benzene rings is 2. The molecule has 0 saturated carbocycles. The molecule has 2 N–H and O–H groups in total. The molecule has 3 rings (SSSR count). The molecule has 3 aromatic rings.